The molecule has 1 aromatic heterocycles. The summed E-state index contributed by atoms with van der Waals surface area (Å²) in [5.74, 6) is 1.50. The summed E-state index contributed by atoms with van der Waals surface area (Å²) in [6.45, 7) is 3.80. The van der Waals surface area contributed by atoms with E-state index in [4.69, 9.17) is 0 Å². The van der Waals surface area contributed by atoms with Gasteiger partial charge < -0.3 is 9.47 Å². The smallest absolute Gasteiger partial charge is 0.226 e. The van der Waals surface area contributed by atoms with Gasteiger partial charge in [-0.1, -0.05) is 42.5 Å². The lowest BCUT2D eigenvalue weighted by Crippen LogP contribution is -2.43. The fraction of sp³-hybridized carbons (Fsp3) is 0.429. The summed E-state index contributed by atoms with van der Waals surface area (Å²) in [6.07, 6.45) is 10.2. The SMILES string of the molecule is Cc1cnc(-c2ccccc2)n1C1CCCN(C(=O)C2CC=CC2)C1. The molecular formula is C21H25N3O. The van der Waals surface area contributed by atoms with Crippen LogP contribution in [-0.2, 0) is 4.79 Å². The van der Waals surface area contributed by atoms with E-state index in [9.17, 15) is 4.79 Å². The maximum Gasteiger partial charge on any atom is 0.226 e. The van der Waals surface area contributed by atoms with Crippen LogP contribution in [0.25, 0.3) is 11.4 Å². The Kier molecular flexibility index (Phi) is 4.43. The summed E-state index contributed by atoms with van der Waals surface area (Å²) >= 11 is 0. The fourth-order valence-corrected chi connectivity index (χ4v) is 4.15. The fourth-order valence-electron chi connectivity index (χ4n) is 4.15. The number of aromatic nitrogens is 2. The topological polar surface area (TPSA) is 38.1 Å². The number of carbonyl (C=O) groups is 1. The third-order valence-corrected chi connectivity index (χ3v) is 5.44. The average molecular weight is 335 g/mol. The minimum atomic E-state index is 0.163. The Hall–Kier alpha value is -2.36. The van der Waals surface area contributed by atoms with Crippen molar-refractivity contribution in [1.29, 1.82) is 0 Å². The summed E-state index contributed by atoms with van der Waals surface area (Å²) < 4.78 is 2.33. The zero-order chi connectivity index (χ0) is 17.2. The number of imidazole rings is 1. The van der Waals surface area contributed by atoms with Crippen molar-refractivity contribution in [1.82, 2.24) is 14.5 Å². The molecule has 1 aromatic carbocycles. The zero-order valence-corrected chi connectivity index (χ0v) is 14.8. The Balaban J connectivity index is 1.58. The first kappa shape index (κ1) is 16.1. The molecule has 1 atom stereocenters. The Labute approximate surface area is 149 Å². The Morgan fingerprint density at radius 3 is 2.68 bits per heavy atom. The molecule has 0 N–H and O–H groups in total. The summed E-state index contributed by atoms with van der Waals surface area (Å²) in [6, 6.07) is 10.6. The zero-order valence-electron chi connectivity index (χ0n) is 14.8. The minimum absolute atomic E-state index is 0.163. The van der Waals surface area contributed by atoms with Gasteiger partial charge in [-0.25, -0.2) is 4.98 Å². The van der Waals surface area contributed by atoms with Crippen molar-refractivity contribution in [2.75, 3.05) is 13.1 Å². The molecule has 1 aliphatic heterocycles. The molecule has 0 bridgehead atoms. The number of hydrogen-bond donors (Lipinski definition) is 0. The second kappa shape index (κ2) is 6.87. The molecule has 0 spiro atoms. The largest absolute Gasteiger partial charge is 0.340 e. The standard InChI is InChI=1S/C21H25N3O/c1-16-14-22-20(17-8-3-2-4-9-17)24(16)19-12-7-13-23(15-19)21(25)18-10-5-6-11-18/h2-6,8-9,14,18-19H,7,10-13,15H2,1H3. The van der Waals surface area contributed by atoms with Gasteiger partial charge in [0.05, 0.1) is 6.04 Å². The lowest BCUT2D eigenvalue weighted by Gasteiger charge is -2.36. The molecule has 2 aromatic rings. The van der Waals surface area contributed by atoms with Gasteiger partial charge in [-0.3, -0.25) is 4.79 Å². The number of amides is 1. The molecule has 1 amide bonds. The first-order chi connectivity index (χ1) is 12.2. The van der Waals surface area contributed by atoms with Crippen LogP contribution in [0.4, 0.5) is 0 Å². The van der Waals surface area contributed by atoms with Crippen molar-refractivity contribution >= 4 is 5.91 Å². The van der Waals surface area contributed by atoms with Gasteiger partial charge in [0.1, 0.15) is 5.82 Å². The molecule has 0 radical (unpaired) electrons. The Bertz CT molecular complexity index is 770. The van der Waals surface area contributed by atoms with Crippen molar-refractivity contribution in [2.45, 2.75) is 38.6 Å². The van der Waals surface area contributed by atoms with E-state index in [1.165, 1.54) is 5.69 Å². The van der Waals surface area contributed by atoms with E-state index in [0.29, 0.717) is 11.9 Å². The van der Waals surface area contributed by atoms with Crippen LogP contribution in [0.15, 0.2) is 48.7 Å². The molecule has 2 heterocycles. The van der Waals surface area contributed by atoms with Gasteiger partial charge in [0, 0.05) is 36.5 Å². The Morgan fingerprint density at radius 2 is 1.92 bits per heavy atom. The maximum absolute atomic E-state index is 12.8. The summed E-state index contributed by atoms with van der Waals surface area (Å²) in [7, 11) is 0. The number of nitrogens with zero attached hydrogens (tertiary/aromatic N) is 3. The number of likely N-dealkylation sites (tertiary alicyclic amines) is 1. The highest BCUT2D eigenvalue weighted by Crippen LogP contribution is 2.31. The third kappa shape index (κ3) is 3.13. The summed E-state index contributed by atoms with van der Waals surface area (Å²) in [4.78, 5) is 19.6. The molecule has 1 unspecified atom stereocenters. The van der Waals surface area contributed by atoms with E-state index in [2.05, 4.69) is 45.7 Å². The van der Waals surface area contributed by atoms with Crippen LogP contribution in [0, 0.1) is 12.8 Å². The molecule has 0 saturated carbocycles. The Morgan fingerprint density at radius 1 is 1.16 bits per heavy atom. The van der Waals surface area contributed by atoms with Crippen molar-refractivity contribution < 1.29 is 4.79 Å². The van der Waals surface area contributed by atoms with Crippen LogP contribution < -0.4 is 0 Å². The highest BCUT2D eigenvalue weighted by molar-refractivity contribution is 5.79. The second-order valence-corrected chi connectivity index (χ2v) is 7.18. The van der Waals surface area contributed by atoms with Gasteiger partial charge in [-0.05, 0) is 32.6 Å². The van der Waals surface area contributed by atoms with Crippen LogP contribution in [0.1, 0.15) is 37.4 Å². The van der Waals surface area contributed by atoms with E-state index in [1.807, 2.05) is 24.4 Å². The highest BCUT2D eigenvalue weighted by atomic mass is 16.2. The van der Waals surface area contributed by atoms with Crippen molar-refractivity contribution in [2.24, 2.45) is 5.92 Å². The molecule has 4 heteroatoms. The van der Waals surface area contributed by atoms with Crippen LogP contribution in [0.2, 0.25) is 0 Å². The van der Waals surface area contributed by atoms with Crippen LogP contribution in [0.3, 0.4) is 0 Å². The summed E-state index contributed by atoms with van der Waals surface area (Å²) in [5.41, 5.74) is 2.31. The first-order valence-electron chi connectivity index (χ1n) is 9.27. The van der Waals surface area contributed by atoms with E-state index in [-0.39, 0.29) is 5.92 Å². The van der Waals surface area contributed by atoms with E-state index in [1.54, 1.807) is 0 Å². The van der Waals surface area contributed by atoms with Gasteiger partial charge in [-0.2, -0.15) is 0 Å². The van der Waals surface area contributed by atoms with Gasteiger partial charge in [0.15, 0.2) is 0 Å². The molecule has 130 valence electrons. The number of piperidine rings is 1. The first-order valence-corrected chi connectivity index (χ1v) is 9.27. The van der Waals surface area contributed by atoms with Crippen LogP contribution in [-0.4, -0.2) is 33.4 Å². The van der Waals surface area contributed by atoms with Crippen LogP contribution in [0.5, 0.6) is 0 Å². The lowest BCUT2D eigenvalue weighted by molar-refractivity contribution is -0.136. The second-order valence-electron chi connectivity index (χ2n) is 7.18. The molecule has 25 heavy (non-hydrogen) atoms. The van der Waals surface area contributed by atoms with E-state index >= 15 is 0 Å². The molecule has 2 aliphatic rings. The number of hydrogen-bond acceptors (Lipinski definition) is 2. The van der Waals surface area contributed by atoms with Gasteiger partial charge >= 0.3 is 0 Å². The molecule has 1 saturated heterocycles. The lowest BCUT2D eigenvalue weighted by atomic mass is 10.00. The van der Waals surface area contributed by atoms with E-state index < -0.39 is 0 Å². The average Bonchev–Trinajstić information content (AvgIpc) is 3.32. The molecule has 1 aliphatic carbocycles. The monoisotopic (exact) mass is 335 g/mol. The highest BCUT2D eigenvalue weighted by Gasteiger charge is 2.31. The van der Waals surface area contributed by atoms with Gasteiger partial charge in [-0.15, -0.1) is 0 Å². The molecular weight excluding hydrogens is 310 g/mol. The number of allylic oxidation sites excluding steroid dienone is 2. The minimum Gasteiger partial charge on any atom is -0.340 e. The molecule has 1 fully saturated rings. The summed E-state index contributed by atoms with van der Waals surface area (Å²) in [5, 5.41) is 0. The normalized spacial score (nSPS) is 21.0. The van der Waals surface area contributed by atoms with Gasteiger partial charge in [0.2, 0.25) is 5.91 Å². The molecule has 4 nitrogen and oxygen atoms in total. The van der Waals surface area contributed by atoms with Gasteiger partial charge in [0.25, 0.3) is 0 Å². The predicted octanol–water partition coefficient (Wildman–Crippen LogP) is 3.99. The quantitative estimate of drug-likeness (QED) is 0.796. The molecule has 4 rings (SSSR count). The number of rotatable bonds is 3. The number of aryl methyl sites for hydroxylation is 1. The van der Waals surface area contributed by atoms with Crippen molar-refractivity contribution in [3.05, 3.63) is 54.4 Å². The van der Waals surface area contributed by atoms with Crippen molar-refractivity contribution in [3.63, 3.8) is 0 Å². The number of benzene rings is 1. The number of carbonyl (C=O) groups excluding carboxylic acids is 1. The van der Waals surface area contributed by atoms with Crippen LogP contribution >= 0.6 is 0 Å². The van der Waals surface area contributed by atoms with E-state index in [0.717, 1.165) is 50.2 Å². The predicted molar refractivity (Wildman–Crippen MR) is 99.1 cm³/mol. The maximum atomic E-state index is 12.8. The van der Waals surface area contributed by atoms with Crippen molar-refractivity contribution in [3.8, 4) is 11.4 Å². The third-order valence-electron chi connectivity index (χ3n) is 5.44.